The van der Waals surface area contributed by atoms with E-state index in [4.69, 9.17) is 15.2 Å². The zero-order valence-corrected chi connectivity index (χ0v) is 15.2. The van der Waals surface area contributed by atoms with Crippen LogP contribution < -0.4 is 15.8 Å². The summed E-state index contributed by atoms with van der Waals surface area (Å²) in [6, 6.07) is 10.4. The smallest absolute Gasteiger partial charge is 0.348 e. The summed E-state index contributed by atoms with van der Waals surface area (Å²) in [7, 11) is 0. The number of hydrogen-bond acceptors (Lipinski definition) is 6. The van der Waals surface area contributed by atoms with E-state index >= 15 is 0 Å². The Balaban J connectivity index is 1.95. The first kappa shape index (κ1) is 19.5. The Morgan fingerprint density at radius 1 is 1.19 bits per heavy atom. The summed E-state index contributed by atoms with van der Waals surface area (Å²) in [5.74, 6) is -1.30. The SMILES string of the molecule is CC[C@H](Oc1ccccc1)C(=O)O[C@H](C)C(=O)Nc1sccc1C(N)=O. The summed E-state index contributed by atoms with van der Waals surface area (Å²) in [4.78, 5) is 35.8. The third-order valence-electron chi connectivity index (χ3n) is 3.48. The fourth-order valence-electron chi connectivity index (χ4n) is 2.08. The number of nitrogens with one attached hydrogen (secondary N) is 1. The van der Waals surface area contributed by atoms with Gasteiger partial charge in [0.1, 0.15) is 10.8 Å². The number of rotatable bonds is 8. The van der Waals surface area contributed by atoms with Gasteiger partial charge in [-0.1, -0.05) is 25.1 Å². The van der Waals surface area contributed by atoms with Crippen molar-refractivity contribution in [2.24, 2.45) is 5.73 Å². The molecule has 0 saturated heterocycles. The predicted octanol–water partition coefficient (Wildman–Crippen LogP) is 2.57. The molecule has 0 radical (unpaired) electrons. The third kappa shape index (κ3) is 5.06. The predicted molar refractivity (Wildman–Crippen MR) is 98.2 cm³/mol. The van der Waals surface area contributed by atoms with Crippen LogP contribution in [0.2, 0.25) is 0 Å². The highest BCUT2D eigenvalue weighted by atomic mass is 32.1. The lowest BCUT2D eigenvalue weighted by molar-refractivity contribution is -0.160. The molecule has 0 fully saturated rings. The normalized spacial score (nSPS) is 12.7. The second-order valence-corrected chi connectivity index (χ2v) is 6.34. The van der Waals surface area contributed by atoms with Gasteiger partial charge in [0.05, 0.1) is 5.56 Å². The van der Waals surface area contributed by atoms with Crippen LogP contribution in [0.3, 0.4) is 0 Å². The lowest BCUT2D eigenvalue weighted by Gasteiger charge is -2.19. The van der Waals surface area contributed by atoms with Gasteiger partial charge in [0.15, 0.2) is 12.2 Å². The molecular formula is C18H20N2O5S. The molecular weight excluding hydrogens is 356 g/mol. The summed E-state index contributed by atoms with van der Waals surface area (Å²) in [6.45, 7) is 3.23. The molecule has 0 saturated carbocycles. The average Bonchev–Trinajstić information content (AvgIpc) is 3.08. The molecule has 0 aliphatic rings. The zero-order valence-electron chi connectivity index (χ0n) is 14.4. The van der Waals surface area contributed by atoms with Gasteiger partial charge in [-0.25, -0.2) is 4.79 Å². The number of benzene rings is 1. The number of amides is 2. The summed E-state index contributed by atoms with van der Waals surface area (Å²) in [5, 5.41) is 4.49. The number of ether oxygens (including phenoxy) is 2. The Morgan fingerprint density at radius 3 is 2.50 bits per heavy atom. The van der Waals surface area contributed by atoms with E-state index in [1.807, 2.05) is 6.07 Å². The highest BCUT2D eigenvalue weighted by molar-refractivity contribution is 7.14. The van der Waals surface area contributed by atoms with Crippen LogP contribution >= 0.6 is 11.3 Å². The van der Waals surface area contributed by atoms with Crippen molar-refractivity contribution in [3.05, 3.63) is 47.3 Å². The molecule has 2 aromatic rings. The van der Waals surface area contributed by atoms with E-state index in [9.17, 15) is 14.4 Å². The van der Waals surface area contributed by atoms with E-state index in [2.05, 4.69) is 5.32 Å². The molecule has 138 valence electrons. The van der Waals surface area contributed by atoms with Crippen molar-refractivity contribution in [3.63, 3.8) is 0 Å². The van der Waals surface area contributed by atoms with Crippen LogP contribution in [0.4, 0.5) is 5.00 Å². The number of thiophene rings is 1. The Hall–Kier alpha value is -2.87. The maximum Gasteiger partial charge on any atom is 0.348 e. The Bertz CT molecular complexity index is 775. The fraction of sp³-hybridized carbons (Fsp3) is 0.278. The number of primary amides is 1. The van der Waals surface area contributed by atoms with Gasteiger partial charge in [-0.05, 0) is 36.9 Å². The van der Waals surface area contributed by atoms with Crippen molar-refractivity contribution in [1.29, 1.82) is 0 Å². The van der Waals surface area contributed by atoms with Gasteiger partial charge in [0.2, 0.25) is 0 Å². The lowest BCUT2D eigenvalue weighted by Crippen LogP contribution is -2.36. The minimum atomic E-state index is -1.06. The first-order chi connectivity index (χ1) is 12.4. The van der Waals surface area contributed by atoms with E-state index in [0.717, 1.165) is 11.3 Å². The standard InChI is InChI=1S/C18H20N2O5S/c1-3-14(25-12-7-5-4-6-8-12)18(23)24-11(2)16(22)20-17-13(15(19)21)9-10-26-17/h4-11,14H,3H2,1-2H3,(H2,19,21)(H,20,22)/t11-,14+/m1/s1. The maximum absolute atomic E-state index is 12.3. The van der Waals surface area contributed by atoms with Crippen molar-refractivity contribution < 1.29 is 23.9 Å². The van der Waals surface area contributed by atoms with Gasteiger partial charge in [0.25, 0.3) is 11.8 Å². The Labute approximate surface area is 155 Å². The Kier molecular flexibility index (Phi) is 6.74. The molecule has 0 aliphatic carbocycles. The van der Waals surface area contributed by atoms with Crippen molar-refractivity contribution in [1.82, 2.24) is 0 Å². The number of carbonyl (C=O) groups excluding carboxylic acids is 3. The van der Waals surface area contributed by atoms with Crippen LogP contribution in [-0.2, 0) is 14.3 Å². The van der Waals surface area contributed by atoms with Gasteiger partial charge in [-0.2, -0.15) is 0 Å². The fourth-order valence-corrected chi connectivity index (χ4v) is 2.87. The highest BCUT2D eigenvalue weighted by Gasteiger charge is 2.26. The van der Waals surface area contributed by atoms with E-state index in [1.54, 1.807) is 36.6 Å². The molecule has 2 amide bonds. The molecule has 3 N–H and O–H groups in total. The second kappa shape index (κ2) is 9.00. The van der Waals surface area contributed by atoms with E-state index in [0.29, 0.717) is 17.2 Å². The van der Waals surface area contributed by atoms with Crippen molar-refractivity contribution >= 4 is 34.1 Å². The number of anilines is 1. The van der Waals surface area contributed by atoms with Crippen molar-refractivity contribution in [2.75, 3.05) is 5.32 Å². The highest BCUT2D eigenvalue weighted by Crippen LogP contribution is 2.23. The molecule has 8 heteroatoms. The first-order valence-electron chi connectivity index (χ1n) is 8.02. The molecule has 0 unspecified atom stereocenters. The average molecular weight is 376 g/mol. The van der Waals surface area contributed by atoms with Crippen LogP contribution in [0, 0.1) is 0 Å². The van der Waals surface area contributed by atoms with Crippen LogP contribution in [-0.4, -0.2) is 30.0 Å². The first-order valence-corrected chi connectivity index (χ1v) is 8.90. The van der Waals surface area contributed by atoms with Crippen LogP contribution in [0.5, 0.6) is 5.75 Å². The number of hydrogen-bond donors (Lipinski definition) is 2. The molecule has 1 aromatic heterocycles. The molecule has 1 aromatic carbocycles. The molecule has 7 nitrogen and oxygen atoms in total. The molecule has 0 bridgehead atoms. The van der Waals surface area contributed by atoms with Gasteiger partial charge in [-0.15, -0.1) is 11.3 Å². The Morgan fingerprint density at radius 2 is 1.88 bits per heavy atom. The van der Waals surface area contributed by atoms with Crippen molar-refractivity contribution in [2.45, 2.75) is 32.5 Å². The van der Waals surface area contributed by atoms with Gasteiger partial charge in [-0.3, -0.25) is 9.59 Å². The second-order valence-electron chi connectivity index (χ2n) is 5.42. The monoisotopic (exact) mass is 376 g/mol. The molecule has 2 atom stereocenters. The summed E-state index contributed by atoms with van der Waals surface area (Å²) < 4.78 is 10.8. The van der Waals surface area contributed by atoms with Crippen LogP contribution in [0.25, 0.3) is 0 Å². The quantitative estimate of drug-likeness (QED) is 0.689. The third-order valence-corrected chi connectivity index (χ3v) is 4.31. The minimum absolute atomic E-state index is 0.209. The van der Waals surface area contributed by atoms with E-state index in [1.165, 1.54) is 13.0 Å². The molecule has 26 heavy (non-hydrogen) atoms. The number of nitrogens with two attached hydrogens (primary N) is 1. The molecule has 0 aliphatic heterocycles. The summed E-state index contributed by atoms with van der Waals surface area (Å²) in [5.41, 5.74) is 5.45. The van der Waals surface area contributed by atoms with Crippen LogP contribution in [0.1, 0.15) is 30.6 Å². The number of carbonyl (C=O) groups is 3. The molecule has 1 heterocycles. The number of esters is 1. The summed E-state index contributed by atoms with van der Waals surface area (Å²) >= 11 is 1.16. The molecule has 0 spiro atoms. The summed E-state index contributed by atoms with van der Waals surface area (Å²) in [6.07, 6.45) is -1.49. The lowest BCUT2D eigenvalue weighted by atomic mass is 10.2. The van der Waals surface area contributed by atoms with E-state index in [-0.39, 0.29) is 5.56 Å². The van der Waals surface area contributed by atoms with Crippen LogP contribution in [0.15, 0.2) is 41.8 Å². The topological polar surface area (TPSA) is 108 Å². The van der Waals surface area contributed by atoms with Gasteiger partial charge >= 0.3 is 5.97 Å². The minimum Gasteiger partial charge on any atom is -0.479 e. The van der Waals surface area contributed by atoms with E-state index < -0.39 is 30.0 Å². The maximum atomic E-state index is 12.3. The zero-order chi connectivity index (χ0) is 19.1. The molecule has 2 rings (SSSR count). The van der Waals surface area contributed by atoms with Crippen molar-refractivity contribution in [3.8, 4) is 5.75 Å². The van der Waals surface area contributed by atoms with Gasteiger partial charge in [0, 0.05) is 0 Å². The van der Waals surface area contributed by atoms with Gasteiger partial charge < -0.3 is 20.5 Å². The number of para-hydroxylation sites is 1. The largest absolute Gasteiger partial charge is 0.479 e.